The fraction of sp³-hybridized carbons (Fsp3) is 0.583. The molecule has 3 nitrogen and oxygen atoms in total. The molecule has 0 saturated heterocycles. The van der Waals surface area contributed by atoms with Gasteiger partial charge in [-0.1, -0.05) is 96.9 Å². The highest BCUT2D eigenvalue weighted by Crippen LogP contribution is 2.28. The van der Waals surface area contributed by atoms with E-state index >= 15 is 0 Å². The van der Waals surface area contributed by atoms with Crippen molar-refractivity contribution in [1.29, 1.82) is 0 Å². The number of thiazole rings is 1. The number of unbranched alkanes of at least 4 members (excludes halogenated alkanes) is 7. The van der Waals surface area contributed by atoms with Crippen LogP contribution in [0.25, 0.3) is 11.3 Å². The summed E-state index contributed by atoms with van der Waals surface area (Å²) in [6.45, 7) is 8.88. The molecule has 0 fully saturated rings. The van der Waals surface area contributed by atoms with Gasteiger partial charge in [-0.25, -0.2) is 4.98 Å². The van der Waals surface area contributed by atoms with Crippen LogP contribution in [-0.2, 0) is 10.2 Å². The molecule has 0 aliphatic rings. The van der Waals surface area contributed by atoms with Crippen LogP contribution in [0.3, 0.4) is 0 Å². The van der Waals surface area contributed by atoms with Gasteiger partial charge in [-0.2, -0.15) is 0 Å². The molecule has 2 aromatic rings. The lowest BCUT2D eigenvalue weighted by atomic mass is 9.86. The van der Waals surface area contributed by atoms with E-state index < -0.39 is 0 Å². The van der Waals surface area contributed by atoms with Crippen molar-refractivity contribution in [2.24, 2.45) is 0 Å². The first-order chi connectivity index (χ1) is 13.4. The molecule has 1 aromatic carbocycles. The lowest BCUT2D eigenvalue weighted by Crippen LogP contribution is -2.11. The highest BCUT2D eigenvalue weighted by atomic mass is 32.1. The van der Waals surface area contributed by atoms with Crippen LogP contribution in [0.2, 0.25) is 0 Å². The highest BCUT2D eigenvalue weighted by Gasteiger charge is 2.14. The first-order valence-electron chi connectivity index (χ1n) is 10.8. The van der Waals surface area contributed by atoms with Gasteiger partial charge in [-0.3, -0.25) is 4.79 Å². The van der Waals surface area contributed by atoms with Crippen molar-refractivity contribution < 1.29 is 4.79 Å². The Balaban J connectivity index is 1.73. The number of carbonyl (C=O) groups is 1. The van der Waals surface area contributed by atoms with Crippen LogP contribution in [0.4, 0.5) is 5.13 Å². The van der Waals surface area contributed by atoms with E-state index in [1.165, 1.54) is 55.4 Å². The fourth-order valence-electron chi connectivity index (χ4n) is 3.21. The maximum Gasteiger partial charge on any atom is 0.226 e. The Morgan fingerprint density at radius 3 is 2.18 bits per heavy atom. The Morgan fingerprint density at radius 2 is 1.57 bits per heavy atom. The number of nitrogens with one attached hydrogen (secondary N) is 1. The second-order valence-corrected chi connectivity index (χ2v) is 9.50. The Hall–Kier alpha value is -1.68. The molecule has 4 heteroatoms. The summed E-state index contributed by atoms with van der Waals surface area (Å²) in [6, 6.07) is 8.55. The SMILES string of the molecule is CCCCCCCCCCC(=O)Nc1nc(-c2ccc(C(C)(C)C)cc2)cs1. The molecule has 1 amide bonds. The summed E-state index contributed by atoms with van der Waals surface area (Å²) in [6.07, 6.45) is 10.5. The smallest absolute Gasteiger partial charge is 0.226 e. The van der Waals surface area contributed by atoms with E-state index in [0.29, 0.717) is 11.6 Å². The maximum atomic E-state index is 12.1. The molecule has 1 aromatic heterocycles. The molecule has 2 rings (SSSR count). The third kappa shape index (κ3) is 7.75. The number of amides is 1. The molecule has 28 heavy (non-hydrogen) atoms. The third-order valence-corrected chi connectivity index (χ3v) is 5.81. The van der Waals surface area contributed by atoms with Crippen LogP contribution in [0, 0.1) is 0 Å². The van der Waals surface area contributed by atoms with Crippen molar-refractivity contribution in [3.63, 3.8) is 0 Å². The van der Waals surface area contributed by atoms with Crippen LogP contribution < -0.4 is 5.32 Å². The van der Waals surface area contributed by atoms with E-state index in [-0.39, 0.29) is 11.3 Å². The van der Waals surface area contributed by atoms with E-state index in [4.69, 9.17) is 0 Å². The first-order valence-corrected chi connectivity index (χ1v) is 11.6. The monoisotopic (exact) mass is 400 g/mol. The zero-order chi connectivity index (χ0) is 20.4. The van der Waals surface area contributed by atoms with Crippen molar-refractivity contribution in [3.8, 4) is 11.3 Å². The summed E-state index contributed by atoms with van der Waals surface area (Å²) in [5.74, 6) is 0.0787. The lowest BCUT2D eigenvalue weighted by molar-refractivity contribution is -0.116. The van der Waals surface area contributed by atoms with Gasteiger partial charge in [0, 0.05) is 17.4 Å². The predicted molar refractivity (Wildman–Crippen MR) is 122 cm³/mol. The third-order valence-electron chi connectivity index (χ3n) is 5.05. The Kier molecular flexibility index (Phi) is 9.17. The number of rotatable bonds is 11. The summed E-state index contributed by atoms with van der Waals surface area (Å²) in [4.78, 5) is 16.7. The van der Waals surface area contributed by atoms with Gasteiger partial charge in [0.2, 0.25) is 5.91 Å². The fourth-order valence-corrected chi connectivity index (χ4v) is 3.94. The molecule has 0 unspecified atom stereocenters. The van der Waals surface area contributed by atoms with Gasteiger partial charge in [0.1, 0.15) is 0 Å². The quantitative estimate of drug-likeness (QED) is 0.395. The summed E-state index contributed by atoms with van der Waals surface area (Å²) in [5, 5.41) is 5.66. The van der Waals surface area contributed by atoms with Crippen molar-refractivity contribution in [1.82, 2.24) is 4.98 Å². The summed E-state index contributed by atoms with van der Waals surface area (Å²) >= 11 is 1.49. The zero-order valence-electron chi connectivity index (χ0n) is 18.0. The van der Waals surface area contributed by atoms with Gasteiger partial charge < -0.3 is 5.32 Å². The normalized spacial score (nSPS) is 11.6. The second-order valence-electron chi connectivity index (χ2n) is 8.64. The summed E-state index contributed by atoms with van der Waals surface area (Å²) in [7, 11) is 0. The van der Waals surface area contributed by atoms with Gasteiger partial charge in [-0.15, -0.1) is 11.3 Å². The largest absolute Gasteiger partial charge is 0.302 e. The van der Waals surface area contributed by atoms with Crippen LogP contribution in [-0.4, -0.2) is 10.9 Å². The van der Waals surface area contributed by atoms with Gasteiger partial charge in [0.05, 0.1) is 5.69 Å². The van der Waals surface area contributed by atoms with E-state index in [0.717, 1.165) is 24.1 Å². The van der Waals surface area contributed by atoms with Crippen LogP contribution in [0.5, 0.6) is 0 Å². The minimum atomic E-state index is 0.0787. The van der Waals surface area contributed by atoms with E-state index in [9.17, 15) is 4.79 Å². The van der Waals surface area contributed by atoms with Crippen molar-refractivity contribution in [2.75, 3.05) is 5.32 Å². The zero-order valence-corrected chi connectivity index (χ0v) is 18.8. The van der Waals surface area contributed by atoms with Crippen molar-refractivity contribution in [3.05, 3.63) is 35.2 Å². The minimum Gasteiger partial charge on any atom is -0.302 e. The molecular weight excluding hydrogens is 364 g/mol. The average Bonchev–Trinajstić information content (AvgIpc) is 3.11. The number of carbonyl (C=O) groups excluding carboxylic acids is 1. The predicted octanol–water partition coefficient (Wildman–Crippen LogP) is 7.58. The maximum absolute atomic E-state index is 12.1. The Bertz CT molecular complexity index is 713. The number of nitrogens with zero attached hydrogens (tertiary/aromatic N) is 1. The molecule has 1 N–H and O–H groups in total. The topological polar surface area (TPSA) is 42.0 Å². The molecule has 0 aliphatic carbocycles. The summed E-state index contributed by atoms with van der Waals surface area (Å²) in [5.41, 5.74) is 3.47. The molecule has 0 spiro atoms. The molecule has 0 aliphatic heterocycles. The second kappa shape index (κ2) is 11.4. The van der Waals surface area contributed by atoms with Gasteiger partial charge in [0.15, 0.2) is 5.13 Å². The first kappa shape index (κ1) is 22.6. The summed E-state index contributed by atoms with van der Waals surface area (Å²) < 4.78 is 0. The molecule has 154 valence electrons. The van der Waals surface area contributed by atoms with Crippen LogP contribution in [0.15, 0.2) is 29.6 Å². The Morgan fingerprint density at radius 1 is 0.964 bits per heavy atom. The van der Waals surface area contributed by atoms with Crippen molar-refractivity contribution >= 4 is 22.4 Å². The number of hydrogen-bond donors (Lipinski definition) is 1. The molecular formula is C24H36N2OS. The van der Waals surface area contributed by atoms with Crippen molar-refractivity contribution in [2.45, 2.75) is 90.9 Å². The van der Waals surface area contributed by atoms with E-state index in [2.05, 4.69) is 62.3 Å². The van der Waals surface area contributed by atoms with E-state index in [1.807, 2.05) is 5.38 Å². The Labute approximate surface area is 175 Å². The molecule has 1 heterocycles. The van der Waals surface area contributed by atoms with Gasteiger partial charge in [-0.05, 0) is 17.4 Å². The standard InChI is InChI=1S/C24H36N2OS/c1-5-6-7-8-9-10-11-12-13-22(27)26-23-25-21(18-28-23)19-14-16-20(17-15-19)24(2,3)4/h14-18H,5-13H2,1-4H3,(H,25,26,27). The molecule has 0 radical (unpaired) electrons. The van der Waals surface area contributed by atoms with Crippen LogP contribution >= 0.6 is 11.3 Å². The number of benzene rings is 1. The minimum absolute atomic E-state index is 0.0787. The lowest BCUT2D eigenvalue weighted by Gasteiger charge is -2.18. The molecule has 0 saturated carbocycles. The van der Waals surface area contributed by atoms with E-state index in [1.54, 1.807) is 0 Å². The number of hydrogen-bond acceptors (Lipinski definition) is 3. The highest BCUT2D eigenvalue weighted by molar-refractivity contribution is 7.14. The molecule has 0 bridgehead atoms. The van der Waals surface area contributed by atoms with Gasteiger partial charge in [0.25, 0.3) is 0 Å². The molecule has 0 atom stereocenters. The van der Waals surface area contributed by atoms with Crippen LogP contribution in [0.1, 0.15) is 91.0 Å². The van der Waals surface area contributed by atoms with Gasteiger partial charge >= 0.3 is 0 Å². The number of anilines is 1. The number of aromatic nitrogens is 1. The average molecular weight is 401 g/mol.